The number of hydrogen-bond acceptors (Lipinski definition) is 3. The summed E-state index contributed by atoms with van der Waals surface area (Å²) < 4.78 is 10.5. The Morgan fingerprint density at radius 2 is 1.77 bits per heavy atom. The lowest BCUT2D eigenvalue weighted by Gasteiger charge is -2.08. The zero-order valence-electron chi connectivity index (χ0n) is 13.1. The van der Waals surface area contributed by atoms with Crippen LogP contribution in [0, 0.1) is 0 Å². The van der Waals surface area contributed by atoms with E-state index in [2.05, 4.69) is 6.58 Å². The van der Waals surface area contributed by atoms with Gasteiger partial charge in [-0.15, -0.1) is 6.58 Å². The van der Waals surface area contributed by atoms with E-state index in [0.29, 0.717) is 0 Å². The van der Waals surface area contributed by atoms with Crippen LogP contribution in [0.3, 0.4) is 0 Å². The summed E-state index contributed by atoms with van der Waals surface area (Å²) in [4.78, 5) is 4.77. The van der Waals surface area contributed by atoms with Crippen molar-refractivity contribution in [2.75, 3.05) is 14.2 Å². The van der Waals surface area contributed by atoms with Crippen LogP contribution in [-0.4, -0.2) is 19.9 Å². The molecule has 2 aromatic rings. The van der Waals surface area contributed by atoms with E-state index in [4.69, 9.17) is 14.5 Å². The average Bonchev–Trinajstić information content (AvgIpc) is 2.59. The molecule has 0 saturated carbocycles. The van der Waals surface area contributed by atoms with Gasteiger partial charge in [-0.3, -0.25) is 4.99 Å². The highest BCUT2D eigenvalue weighted by Gasteiger charge is 2.05. The van der Waals surface area contributed by atoms with Gasteiger partial charge in [-0.05, 0) is 54.8 Å². The van der Waals surface area contributed by atoms with Crippen LogP contribution in [-0.2, 0) is 0 Å². The van der Waals surface area contributed by atoms with Crippen molar-refractivity contribution in [3.63, 3.8) is 0 Å². The lowest BCUT2D eigenvalue weighted by molar-refractivity contribution is 0.414. The number of ether oxygens (including phenoxy) is 2. The summed E-state index contributed by atoms with van der Waals surface area (Å²) >= 11 is 0. The normalized spacial score (nSPS) is 11.1. The van der Waals surface area contributed by atoms with Crippen LogP contribution in [0.5, 0.6) is 11.5 Å². The van der Waals surface area contributed by atoms with Gasteiger partial charge in [0.05, 0.1) is 19.9 Å². The first-order valence-electron chi connectivity index (χ1n) is 7.23. The molecule has 3 nitrogen and oxygen atoms in total. The lowest BCUT2D eigenvalue weighted by Crippen LogP contribution is -2.00. The molecule has 2 rings (SSSR count). The van der Waals surface area contributed by atoms with Crippen molar-refractivity contribution in [1.82, 2.24) is 0 Å². The van der Waals surface area contributed by atoms with E-state index in [-0.39, 0.29) is 0 Å². The highest BCUT2D eigenvalue weighted by molar-refractivity contribution is 6.02. The Kier molecular flexibility index (Phi) is 5.78. The fourth-order valence-electron chi connectivity index (χ4n) is 2.12. The molecule has 0 heterocycles. The summed E-state index contributed by atoms with van der Waals surface area (Å²) in [5.74, 6) is 1.66. The van der Waals surface area contributed by atoms with Crippen LogP contribution in [0.25, 0.3) is 0 Å². The number of allylic oxidation sites excluding steroid dienone is 1. The van der Waals surface area contributed by atoms with E-state index in [9.17, 15) is 0 Å². The summed E-state index contributed by atoms with van der Waals surface area (Å²) in [6.45, 7) is 3.79. The van der Waals surface area contributed by atoms with Gasteiger partial charge in [0.15, 0.2) is 0 Å². The van der Waals surface area contributed by atoms with Gasteiger partial charge < -0.3 is 9.47 Å². The van der Waals surface area contributed by atoms with Crippen molar-refractivity contribution in [2.24, 2.45) is 4.99 Å². The Bertz CT molecular complexity index is 645. The van der Waals surface area contributed by atoms with E-state index in [1.807, 2.05) is 54.6 Å². The second kappa shape index (κ2) is 8.03. The van der Waals surface area contributed by atoms with E-state index in [1.165, 1.54) is 0 Å². The number of nitrogens with zero attached hydrogens (tertiary/aromatic N) is 1. The lowest BCUT2D eigenvalue weighted by atomic mass is 10.0. The molecule has 0 radical (unpaired) electrons. The molecule has 0 saturated heterocycles. The molecule has 0 aliphatic rings. The maximum atomic E-state index is 5.30. The Morgan fingerprint density at radius 1 is 1.05 bits per heavy atom. The fraction of sp³-hybridized carbons (Fsp3) is 0.211. The topological polar surface area (TPSA) is 30.8 Å². The fourth-order valence-corrected chi connectivity index (χ4v) is 2.12. The molecule has 0 unspecified atom stereocenters. The van der Waals surface area contributed by atoms with E-state index in [0.717, 1.165) is 41.3 Å². The minimum absolute atomic E-state index is 0.827. The van der Waals surface area contributed by atoms with Gasteiger partial charge in [0.1, 0.15) is 11.5 Å². The smallest absolute Gasteiger partial charge is 0.119 e. The van der Waals surface area contributed by atoms with Gasteiger partial charge in [-0.2, -0.15) is 0 Å². The highest BCUT2D eigenvalue weighted by Crippen LogP contribution is 2.22. The van der Waals surface area contributed by atoms with Gasteiger partial charge >= 0.3 is 0 Å². The predicted octanol–water partition coefficient (Wildman–Crippen LogP) is 4.79. The number of rotatable bonds is 7. The van der Waals surface area contributed by atoms with Crippen molar-refractivity contribution in [3.8, 4) is 11.5 Å². The second-order valence-corrected chi connectivity index (χ2v) is 4.82. The summed E-state index contributed by atoms with van der Waals surface area (Å²) in [5, 5.41) is 0. The molecule has 2 aromatic carbocycles. The predicted molar refractivity (Wildman–Crippen MR) is 91.6 cm³/mol. The van der Waals surface area contributed by atoms with Gasteiger partial charge in [0.2, 0.25) is 0 Å². The summed E-state index contributed by atoms with van der Waals surface area (Å²) in [6.07, 6.45) is 3.62. The van der Waals surface area contributed by atoms with Crippen LogP contribution < -0.4 is 9.47 Å². The van der Waals surface area contributed by atoms with Crippen LogP contribution in [0.4, 0.5) is 5.69 Å². The minimum atomic E-state index is 0.827. The molecule has 22 heavy (non-hydrogen) atoms. The Hall–Kier alpha value is -2.55. The maximum absolute atomic E-state index is 5.30. The van der Waals surface area contributed by atoms with Crippen molar-refractivity contribution < 1.29 is 9.47 Å². The molecule has 0 aromatic heterocycles. The molecule has 0 aliphatic carbocycles. The van der Waals surface area contributed by atoms with Gasteiger partial charge in [0.25, 0.3) is 0 Å². The number of methoxy groups -OCH3 is 2. The zero-order chi connectivity index (χ0) is 15.8. The SMILES string of the molecule is C=CCCC(=Nc1ccc(OC)cc1)c1cccc(OC)c1. The van der Waals surface area contributed by atoms with E-state index in [1.54, 1.807) is 14.2 Å². The molecule has 0 spiro atoms. The summed E-state index contributed by atoms with van der Waals surface area (Å²) in [6, 6.07) is 15.7. The number of benzene rings is 2. The van der Waals surface area contributed by atoms with E-state index >= 15 is 0 Å². The molecule has 0 aliphatic heterocycles. The quantitative estimate of drug-likeness (QED) is 0.543. The molecule has 0 fully saturated rings. The van der Waals surface area contributed by atoms with Crippen LogP contribution in [0.1, 0.15) is 18.4 Å². The molecule has 0 amide bonds. The highest BCUT2D eigenvalue weighted by atomic mass is 16.5. The Morgan fingerprint density at radius 3 is 2.41 bits per heavy atom. The maximum Gasteiger partial charge on any atom is 0.119 e. The third kappa shape index (κ3) is 4.22. The van der Waals surface area contributed by atoms with Crippen molar-refractivity contribution in [2.45, 2.75) is 12.8 Å². The van der Waals surface area contributed by atoms with Crippen LogP contribution in [0.2, 0.25) is 0 Å². The molecular formula is C19H21NO2. The molecule has 0 N–H and O–H groups in total. The van der Waals surface area contributed by atoms with Gasteiger partial charge in [-0.1, -0.05) is 18.2 Å². The minimum Gasteiger partial charge on any atom is -0.497 e. The summed E-state index contributed by atoms with van der Waals surface area (Å²) in [7, 11) is 3.33. The Balaban J connectivity index is 2.34. The molecule has 0 atom stereocenters. The third-order valence-electron chi connectivity index (χ3n) is 3.32. The summed E-state index contributed by atoms with van der Waals surface area (Å²) in [5.41, 5.74) is 2.99. The monoisotopic (exact) mass is 295 g/mol. The van der Waals surface area contributed by atoms with Crippen molar-refractivity contribution >= 4 is 11.4 Å². The number of hydrogen-bond donors (Lipinski definition) is 0. The first-order chi connectivity index (χ1) is 10.8. The van der Waals surface area contributed by atoms with Crippen molar-refractivity contribution in [1.29, 1.82) is 0 Å². The molecule has 0 bridgehead atoms. The van der Waals surface area contributed by atoms with Crippen molar-refractivity contribution in [3.05, 3.63) is 66.7 Å². The standard InChI is InChI=1S/C19H21NO2/c1-4-5-9-19(15-7-6-8-18(14-15)22-3)20-16-10-12-17(21-2)13-11-16/h4,6-8,10-14H,1,5,9H2,2-3H3. The van der Waals surface area contributed by atoms with Gasteiger partial charge in [0, 0.05) is 5.71 Å². The van der Waals surface area contributed by atoms with Crippen LogP contribution in [0.15, 0.2) is 66.2 Å². The Labute approximate surface area is 131 Å². The van der Waals surface area contributed by atoms with Gasteiger partial charge in [-0.25, -0.2) is 0 Å². The first-order valence-corrected chi connectivity index (χ1v) is 7.23. The molecule has 3 heteroatoms. The second-order valence-electron chi connectivity index (χ2n) is 4.82. The third-order valence-corrected chi connectivity index (χ3v) is 3.32. The van der Waals surface area contributed by atoms with E-state index < -0.39 is 0 Å². The zero-order valence-corrected chi connectivity index (χ0v) is 13.1. The van der Waals surface area contributed by atoms with Crippen LogP contribution >= 0.6 is 0 Å². The average molecular weight is 295 g/mol. The largest absolute Gasteiger partial charge is 0.497 e. The number of aliphatic imine (C=N–C) groups is 1. The molecule has 114 valence electrons. The molecular weight excluding hydrogens is 274 g/mol. The first kappa shape index (κ1) is 15.8.